The molecule has 13 heavy (non-hydrogen) atoms. The summed E-state index contributed by atoms with van der Waals surface area (Å²) < 4.78 is 5.30. The largest absolute Gasteiger partial charge is 0.366 e. The first-order valence-corrected chi connectivity index (χ1v) is 4.18. The zero-order valence-corrected chi connectivity index (χ0v) is 8.76. The highest BCUT2D eigenvalue weighted by Crippen LogP contribution is 2.06. The van der Waals surface area contributed by atoms with Crippen LogP contribution in [-0.2, 0) is 9.53 Å². The number of amides is 1. The SMILES string of the molecule is C#CCN(C)C(=O)COC(C)(C)C. The van der Waals surface area contributed by atoms with Crippen LogP contribution in [0.3, 0.4) is 0 Å². The van der Waals surface area contributed by atoms with Gasteiger partial charge in [0.1, 0.15) is 6.61 Å². The van der Waals surface area contributed by atoms with Crippen LogP contribution in [0.25, 0.3) is 0 Å². The van der Waals surface area contributed by atoms with Crippen molar-refractivity contribution in [1.82, 2.24) is 4.90 Å². The van der Waals surface area contributed by atoms with E-state index in [-0.39, 0.29) is 18.1 Å². The Labute approximate surface area is 80.1 Å². The number of likely N-dealkylation sites (N-methyl/N-ethyl adjacent to an activating group) is 1. The zero-order chi connectivity index (χ0) is 10.5. The van der Waals surface area contributed by atoms with Gasteiger partial charge in [0, 0.05) is 7.05 Å². The second-order valence-corrected chi connectivity index (χ2v) is 3.85. The molecule has 0 heterocycles. The second kappa shape index (κ2) is 4.88. The van der Waals surface area contributed by atoms with Crippen molar-refractivity contribution in [3.05, 3.63) is 0 Å². The van der Waals surface area contributed by atoms with Gasteiger partial charge in [-0.1, -0.05) is 5.92 Å². The standard InChI is InChI=1S/C10H17NO2/c1-6-7-11(5)9(12)8-13-10(2,3)4/h1H,7-8H2,2-5H3. The van der Waals surface area contributed by atoms with Gasteiger partial charge in [0.2, 0.25) is 5.91 Å². The molecule has 0 saturated carbocycles. The molecule has 1 amide bonds. The Morgan fingerprint density at radius 3 is 2.46 bits per heavy atom. The Kier molecular flexibility index (Phi) is 4.50. The van der Waals surface area contributed by atoms with Crippen LogP contribution in [0.4, 0.5) is 0 Å². The molecule has 0 rings (SSSR count). The molecule has 0 aromatic rings. The maximum absolute atomic E-state index is 11.3. The van der Waals surface area contributed by atoms with Crippen molar-refractivity contribution in [3.63, 3.8) is 0 Å². The van der Waals surface area contributed by atoms with Gasteiger partial charge in [0.05, 0.1) is 12.1 Å². The summed E-state index contributed by atoms with van der Waals surface area (Å²) in [5, 5.41) is 0. The maximum atomic E-state index is 11.3. The van der Waals surface area contributed by atoms with Crippen molar-refractivity contribution >= 4 is 5.91 Å². The fourth-order valence-electron chi connectivity index (χ4n) is 0.614. The van der Waals surface area contributed by atoms with Gasteiger partial charge in [-0.15, -0.1) is 6.42 Å². The van der Waals surface area contributed by atoms with Crippen LogP contribution in [-0.4, -0.2) is 36.6 Å². The van der Waals surface area contributed by atoms with E-state index in [1.54, 1.807) is 7.05 Å². The number of terminal acetylenes is 1. The lowest BCUT2D eigenvalue weighted by Crippen LogP contribution is -2.33. The summed E-state index contributed by atoms with van der Waals surface area (Å²) in [5.41, 5.74) is -0.285. The maximum Gasteiger partial charge on any atom is 0.249 e. The molecule has 0 atom stereocenters. The quantitative estimate of drug-likeness (QED) is 0.608. The van der Waals surface area contributed by atoms with E-state index in [9.17, 15) is 4.79 Å². The van der Waals surface area contributed by atoms with E-state index in [2.05, 4.69) is 5.92 Å². The molecule has 0 aromatic carbocycles. The van der Waals surface area contributed by atoms with Crippen molar-refractivity contribution in [2.75, 3.05) is 20.2 Å². The van der Waals surface area contributed by atoms with Crippen molar-refractivity contribution in [2.24, 2.45) is 0 Å². The van der Waals surface area contributed by atoms with Crippen LogP contribution >= 0.6 is 0 Å². The van der Waals surface area contributed by atoms with E-state index in [1.165, 1.54) is 4.90 Å². The minimum absolute atomic E-state index is 0.0850. The van der Waals surface area contributed by atoms with E-state index in [1.807, 2.05) is 20.8 Å². The van der Waals surface area contributed by atoms with Crippen LogP contribution in [0.1, 0.15) is 20.8 Å². The lowest BCUT2D eigenvalue weighted by Gasteiger charge is -2.21. The molecule has 0 bridgehead atoms. The minimum atomic E-state index is -0.285. The van der Waals surface area contributed by atoms with Crippen molar-refractivity contribution in [1.29, 1.82) is 0 Å². The molecule has 0 saturated heterocycles. The molecule has 0 aromatic heterocycles. The molecular weight excluding hydrogens is 166 g/mol. The van der Waals surface area contributed by atoms with Crippen molar-refractivity contribution in [2.45, 2.75) is 26.4 Å². The Balaban J connectivity index is 3.83. The average molecular weight is 183 g/mol. The minimum Gasteiger partial charge on any atom is -0.366 e. The lowest BCUT2D eigenvalue weighted by molar-refractivity contribution is -0.139. The molecule has 0 spiro atoms. The average Bonchev–Trinajstić information content (AvgIpc) is 1.99. The normalized spacial score (nSPS) is 10.7. The molecule has 3 heteroatoms. The fraction of sp³-hybridized carbons (Fsp3) is 0.700. The molecule has 0 aliphatic carbocycles. The highest BCUT2D eigenvalue weighted by molar-refractivity contribution is 5.77. The predicted octanol–water partition coefficient (Wildman–Crippen LogP) is 0.893. The summed E-state index contributed by atoms with van der Waals surface area (Å²) in [6.45, 7) is 6.12. The molecular formula is C10H17NO2. The summed E-state index contributed by atoms with van der Waals surface area (Å²) in [7, 11) is 1.66. The Morgan fingerprint density at radius 2 is 2.08 bits per heavy atom. The molecule has 3 nitrogen and oxygen atoms in total. The summed E-state index contributed by atoms with van der Waals surface area (Å²) in [6.07, 6.45) is 5.06. The van der Waals surface area contributed by atoms with Crippen LogP contribution < -0.4 is 0 Å². The predicted molar refractivity (Wildman–Crippen MR) is 52.2 cm³/mol. The lowest BCUT2D eigenvalue weighted by atomic mass is 10.2. The highest BCUT2D eigenvalue weighted by Gasteiger charge is 2.14. The molecule has 74 valence electrons. The molecule has 0 radical (unpaired) electrons. The highest BCUT2D eigenvalue weighted by atomic mass is 16.5. The molecule has 0 aliphatic rings. The number of hydrogen-bond acceptors (Lipinski definition) is 2. The van der Waals surface area contributed by atoms with E-state index in [4.69, 9.17) is 11.2 Å². The van der Waals surface area contributed by atoms with Gasteiger partial charge in [-0.05, 0) is 20.8 Å². The number of hydrogen-bond donors (Lipinski definition) is 0. The van der Waals surface area contributed by atoms with E-state index in [0.29, 0.717) is 6.54 Å². The number of ether oxygens (including phenoxy) is 1. The Morgan fingerprint density at radius 1 is 1.54 bits per heavy atom. The van der Waals surface area contributed by atoms with Gasteiger partial charge >= 0.3 is 0 Å². The van der Waals surface area contributed by atoms with Crippen LogP contribution in [0.2, 0.25) is 0 Å². The summed E-state index contributed by atoms with van der Waals surface area (Å²) in [4.78, 5) is 12.7. The fourth-order valence-corrected chi connectivity index (χ4v) is 0.614. The summed E-state index contributed by atoms with van der Waals surface area (Å²) in [5.74, 6) is 2.31. The van der Waals surface area contributed by atoms with Crippen molar-refractivity contribution < 1.29 is 9.53 Å². The smallest absolute Gasteiger partial charge is 0.249 e. The van der Waals surface area contributed by atoms with Gasteiger partial charge in [-0.2, -0.15) is 0 Å². The van der Waals surface area contributed by atoms with Gasteiger partial charge in [0.25, 0.3) is 0 Å². The first kappa shape index (κ1) is 12.0. The molecule has 0 fully saturated rings. The van der Waals surface area contributed by atoms with E-state index in [0.717, 1.165) is 0 Å². The summed E-state index contributed by atoms with van der Waals surface area (Å²) in [6, 6.07) is 0. The second-order valence-electron chi connectivity index (χ2n) is 3.85. The number of carbonyl (C=O) groups is 1. The van der Waals surface area contributed by atoms with Crippen LogP contribution in [0.5, 0.6) is 0 Å². The Bertz CT molecular complexity index is 210. The monoisotopic (exact) mass is 183 g/mol. The van der Waals surface area contributed by atoms with Gasteiger partial charge in [-0.25, -0.2) is 0 Å². The van der Waals surface area contributed by atoms with Gasteiger partial charge < -0.3 is 9.64 Å². The van der Waals surface area contributed by atoms with Gasteiger partial charge in [0.15, 0.2) is 0 Å². The molecule has 0 N–H and O–H groups in total. The topological polar surface area (TPSA) is 29.5 Å². The number of nitrogens with zero attached hydrogens (tertiary/aromatic N) is 1. The first-order valence-electron chi connectivity index (χ1n) is 4.18. The number of rotatable bonds is 3. The Hall–Kier alpha value is -1.01. The van der Waals surface area contributed by atoms with E-state index >= 15 is 0 Å². The number of carbonyl (C=O) groups excluding carboxylic acids is 1. The van der Waals surface area contributed by atoms with Crippen LogP contribution in [0.15, 0.2) is 0 Å². The van der Waals surface area contributed by atoms with Crippen LogP contribution in [0, 0.1) is 12.3 Å². The molecule has 0 unspecified atom stereocenters. The van der Waals surface area contributed by atoms with Crippen molar-refractivity contribution in [3.8, 4) is 12.3 Å². The molecule has 0 aliphatic heterocycles. The third-order valence-corrected chi connectivity index (χ3v) is 1.38. The summed E-state index contributed by atoms with van der Waals surface area (Å²) >= 11 is 0. The van der Waals surface area contributed by atoms with Gasteiger partial charge in [-0.3, -0.25) is 4.79 Å². The third kappa shape index (κ3) is 6.18. The van der Waals surface area contributed by atoms with E-state index < -0.39 is 0 Å². The third-order valence-electron chi connectivity index (χ3n) is 1.38. The zero-order valence-electron chi connectivity index (χ0n) is 8.76. The first-order chi connectivity index (χ1) is 5.87.